The van der Waals surface area contributed by atoms with Crippen molar-refractivity contribution in [3.05, 3.63) is 29.6 Å². The molecule has 2 aromatic rings. The first-order chi connectivity index (χ1) is 8.59. The van der Waals surface area contributed by atoms with Gasteiger partial charge in [0.05, 0.1) is 16.4 Å². The summed E-state index contributed by atoms with van der Waals surface area (Å²) in [5.74, 6) is 1.82. The first-order valence-corrected chi connectivity index (χ1v) is 7.14. The number of rotatable bonds is 3. The fourth-order valence-corrected chi connectivity index (χ4v) is 2.98. The van der Waals surface area contributed by atoms with E-state index in [0.29, 0.717) is 6.04 Å². The van der Waals surface area contributed by atoms with E-state index in [0.717, 1.165) is 17.3 Å². The second kappa shape index (κ2) is 4.27. The van der Waals surface area contributed by atoms with Crippen molar-refractivity contribution in [1.29, 1.82) is 0 Å². The molecule has 2 nitrogen and oxygen atoms in total. The van der Waals surface area contributed by atoms with Gasteiger partial charge in [0.1, 0.15) is 5.82 Å². The van der Waals surface area contributed by atoms with Gasteiger partial charge in [0.2, 0.25) is 0 Å². The van der Waals surface area contributed by atoms with Crippen LogP contribution in [0.2, 0.25) is 0 Å². The van der Waals surface area contributed by atoms with Crippen molar-refractivity contribution in [2.24, 2.45) is 5.92 Å². The van der Waals surface area contributed by atoms with Crippen molar-refractivity contribution < 1.29 is 0 Å². The van der Waals surface area contributed by atoms with Gasteiger partial charge in [0.25, 0.3) is 0 Å². The molecule has 3 rings (SSSR count). The van der Waals surface area contributed by atoms with E-state index < -0.39 is 0 Å². The Morgan fingerprint density at radius 3 is 2.67 bits per heavy atom. The Balaban J connectivity index is 2.26. The summed E-state index contributed by atoms with van der Waals surface area (Å²) in [6.07, 6.45) is 2.67. The van der Waals surface area contributed by atoms with Gasteiger partial charge in [-0.1, -0.05) is 12.1 Å². The van der Waals surface area contributed by atoms with Crippen LogP contribution in [0.25, 0.3) is 11.0 Å². The van der Waals surface area contributed by atoms with Crippen LogP contribution in [0.3, 0.4) is 0 Å². The molecule has 2 atom stereocenters. The zero-order valence-corrected chi connectivity index (χ0v) is 11.9. The lowest BCUT2D eigenvalue weighted by atomic mass is 10.1. The predicted octanol–water partition coefficient (Wildman–Crippen LogP) is 4.62. The Hall–Kier alpha value is -1.02. The van der Waals surface area contributed by atoms with Gasteiger partial charge < -0.3 is 4.57 Å². The van der Waals surface area contributed by atoms with Crippen LogP contribution >= 0.6 is 11.6 Å². The number of hydrogen-bond donors (Lipinski definition) is 0. The lowest BCUT2D eigenvalue weighted by Gasteiger charge is -2.19. The molecule has 1 heterocycles. The molecule has 0 aliphatic heterocycles. The molecular formula is C15H19ClN2. The minimum Gasteiger partial charge on any atom is -0.323 e. The topological polar surface area (TPSA) is 17.8 Å². The van der Waals surface area contributed by atoms with Gasteiger partial charge in [-0.2, -0.15) is 0 Å². The Morgan fingerprint density at radius 1 is 1.33 bits per heavy atom. The highest BCUT2D eigenvalue weighted by Gasteiger charge is 2.32. The van der Waals surface area contributed by atoms with E-state index in [1.54, 1.807) is 0 Å². The van der Waals surface area contributed by atoms with Gasteiger partial charge in [-0.25, -0.2) is 4.98 Å². The van der Waals surface area contributed by atoms with Crippen molar-refractivity contribution in [3.63, 3.8) is 0 Å². The molecule has 1 aromatic heterocycles. The van der Waals surface area contributed by atoms with Crippen LogP contribution in [0.1, 0.15) is 49.5 Å². The lowest BCUT2D eigenvalue weighted by Crippen LogP contribution is -2.12. The number of aryl methyl sites for hydroxylation is 1. The Morgan fingerprint density at radius 2 is 2.06 bits per heavy atom. The quantitative estimate of drug-likeness (QED) is 0.739. The van der Waals surface area contributed by atoms with Crippen molar-refractivity contribution in [2.45, 2.75) is 45.0 Å². The minimum absolute atomic E-state index is 0.0435. The van der Waals surface area contributed by atoms with Crippen LogP contribution in [0, 0.1) is 12.8 Å². The van der Waals surface area contributed by atoms with Crippen LogP contribution in [0.5, 0.6) is 0 Å². The second-order valence-electron chi connectivity index (χ2n) is 5.48. The number of nitrogens with zero attached hydrogens (tertiary/aromatic N) is 2. The van der Waals surface area contributed by atoms with Gasteiger partial charge in [-0.3, -0.25) is 0 Å². The highest BCUT2D eigenvalue weighted by atomic mass is 35.5. The maximum atomic E-state index is 6.32. The fourth-order valence-electron chi connectivity index (χ4n) is 2.82. The monoisotopic (exact) mass is 262 g/mol. The summed E-state index contributed by atoms with van der Waals surface area (Å²) in [6.45, 7) is 6.46. The van der Waals surface area contributed by atoms with E-state index in [1.165, 1.54) is 23.9 Å². The number of halogens is 1. The molecule has 0 bridgehead atoms. The van der Waals surface area contributed by atoms with Crippen LogP contribution in [-0.4, -0.2) is 9.55 Å². The molecule has 2 unspecified atom stereocenters. The average molecular weight is 263 g/mol. The predicted molar refractivity (Wildman–Crippen MR) is 76.2 cm³/mol. The lowest BCUT2D eigenvalue weighted by molar-refractivity contribution is 0.479. The number of hydrogen-bond acceptors (Lipinski definition) is 1. The molecule has 18 heavy (non-hydrogen) atoms. The molecule has 1 aliphatic carbocycles. The molecule has 0 saturated heterocycles. The summed E-state index contributed by atoms with van der Waals surface area (Å²) in [4.78, 5) is 4.74. The Bertz CT molecular complexity index is 581. The number of alkyl halides is 1. The molecule has 1 aromatic carbocycles. The molecule has 0 spiro atoms. The zero-order valence-electron chi connectivity index (χ0n) is 11.2. The average Bonchev–Trinajstić information content (AvgIpc) is 3.08. The van der Waals surface area contributed by atoms with Crippen molar-refractivity contribution in [1.82, 2.24) is 9.55 Å². The summed E-state index contributed by atoms with van der Waals surface area (Å²) in [5, 5.41) is -0.0435. The summed E-state index contributed by atoms with van der Waals surface area (Å²) >= 11 is 6.32. The number of fused-ring (bicyclic) bond motifs is 1. The van der Waals surface area contributed by atoms with Crippen molar-refractivity contribution >= 4 is 22.6 Å². The summed E-state index contributed by atoms with van der Waals surface area (Å²) in [5.41, 5.74) is 3.63. The standard InChI is InChI=1S/C15H19ClN2/c1-9-5-4-6-13-14(9)18(11(3)12-7-8-12)15(17-13)10(2)16/h4-6,10-12H,7-8H2,1-3H3. The van der Waals surface area contributed by atoms with Crippen molar-refractivity contribution in [2.75, 3.05) is 0 Å². The molecule has 1 fully saturated rings. The molecule has 1 saturated carbocycles. The van der Waals surface area contributed by atoms with Crippen LogP contribution in [0.4, 0.5) is 0 Å². The zero-order chi connectivity index (χ0) is 12.9. The SMILES string of the molecule is Cc1cccc2nc(C(C)Cl)n(C(C)C3CC3)c12. The highest BCUT2D eigenvalue weighted by molar-refractivity contribution is 6.20. The van der Waals surface area contributed by atoms with Crippen LogP contribution < -0.4 is 0 Å². The first kappa shape index (κ1) is 12.0. The van der Waals surface area contributed by atoms with E-state index in [4.69, 9.17) is 16.6 Å². The van der Waals surface area contributed by atoms with E-state index in [1.807, 2.05) is 6.92 Å². The largest absolute Gasteiger partial charge is 0.323 e. The summed E-state index contributed by atoms with van der Waals surface area (Å²) in [6, 6.07) is 6.82. The van der Waals surface area contributed by atoms with Crippen LogP contribution in [0.15, 0.2) is 18.2 Å². The number of para-hydroxylation sites is 1. The third-order valence-corrected chi connectivity index (χ3v) is 4.20. The maximum absolute atomic E-state index is 6.32. The van der Waals surface area contributed by atoms with Gasteiger partial charge in [0.15, 0.2) is 0 Å². The molecule has 0 radical (unpaired) electrons. The molecular weight excluding hydrogens is 244 g/mol. The van der Waals surface area contributed by atoms with Gasteiger partial charge in [-0.15, -0.1) is 11.6 Å². The Kier molecular flexibility index (Phi) is 2.86. The highest BCUT2D eigenvalue weighted by Crippen LogP contribution is 2.42. The Labute approximate surface area is 113 Å². The number of aromatic nitrogens is 2. The van der Waals surface area contributed by atoms with Crippen molar-refractivity contribution in [3.8, 4) is 0 Å². The maximum Gasteiger partial charge on any atom is 0.127 e. The van der Waals surface area contributed by atoms with E-state index in [-0.39, 0.29) is 5.38 Å². The summed E-state index contributed by atoms with van der Waals surface area (Å²) < 4.78 is 2.38. The normalized spacial score (nSPS) is 19.1. The summed E-state index contributed by atoms with van der Waals surface area (Å²) in [7, 11) is 0. The fraction of sp³-hybridized carbons (Fsp3) is 0.533. The van der Waals surface area contributed by atoms with Gasteiger partial charge in [0, 0.05) is 6.04 Å². The number of benzene rings is 1. The molecule has 0 amide bonds. The molecule has 1 aliphatic rings. The van der Waals surface area contributed by atoms with E-state index >= 15 is 0 Å². The number of imidazole rings is 1. The minimum atomic E-state index is -0.0435. The molecule has 0 N–H and O–H groups in total. The molecule has 3 heteroatoms. The smallest absolute Gasteiger partial charge is 0.127 e. The second-order valence-corrected chi connectivity index (χ2v) is 6.13. The van der Waals surface area contributed by atoms with E-state index in [2.05, 4.69) is 36.6 Å². The van der Waals surface area contributed by atoms with E-state index in [9.17, 15) is 0 Å². The van der Waals surface area contributed by atoms with Gasteiger partial charge in [-0.05, 0) is 51.2 Å². The third-order valence-electron chi connectivity index (χ3n) is 4.01. The first-order valence-electron chi connectivity index (χ1n) is 6.71. The van der Waals surface area contributed by atoms with Gasteiger partial charge >= 0.3 is 0 Å². The third kappa shape index (κ3) is 1.83. The van der Waals surface area contributed by atoms with Crippen LogP contribution in [-0.2, 0) is 0 Å². The molecule has 96 valence electrons.